The summed E-state index contributed by atoms with van der Waals surface area (Å²) < 4.78 is 5.43. The third-order valence-corrected chi connectivity index (χ3v) is 4.06. The first-order chi connectivity index (χ1) is 9.81. The van der Waals surface area contributed by atoms with Gasteiger partial charge in [-0.2, -0.15) is 0 Å². The minimum absolute atomic E-state index is 0.369. The van der Waals surface area contributed by atoms with Gasteiger partial charge in [-0.15, -0.1) is 10.2 Å². The van der Waals surface area contributed by atoms with E-state index in [0.717, 1.165) is 5.92 Å². The van der Waals surface area contributed by atoms with Crippen LogP contribution in [0.2, 0.25) is 0 Å². The normalized spacial score (nSPS) is 16.9. The lowest BCUT2D eigenvalue weighted by Gasteiger charge is -2.30. The molecule has 20 heavy (non-hydrogen) atoms. The average Bonchev–Trinajstić information content (AvgIpc) is 2.84. The third-order valence-electron chi connectivity index (χ3n) is 4.06. The molecule has 1 aliphatic carbocycles. The molecule has 1 atom stereocenters. The van der Waals surface area contributed by atoms with Gasteiger partial charge >= 0.3 is 0 Å². The maximum atomic E-state index is 5.43. The Kier molecular flexibility index (Phi) is 4.11. The molecule has 1 heterocycles. The van der Waals surface area contributed by atoms with E-state index in [0.29, 0.717) is 24.4 Å². The minimum atomic E-state index is 0.369. The van der Waals surface area contributed by atoms with E-state index >= 15 is 0 Å². The molecular weight excluding hydrogens is 250 g/mol. The second kappa shape index (κ2) is 6.18. The van der Waals surface area contributed by atoms with Crippen molar-refractivity contribution in [2.45, 2.75) is 45.2 Å². The molecule has 106 valence electrons. The lowest BCUT2D eigenvalue weighted by atomic mass is 9.79. The first kappa shape index (κ1) is 13.3. The molecule has 1 saturated carbocycles. The molecule has 3 rings (SSSR count). The smallest absolute Gasteiger partial charge is 0.230 e. The molecule has 0 aliphatic heterocycles. The lowest BCUT2D eigenvalue weighted by molar-refractivity contribution is 0.257. The Labute approximate surface area is 119 Å². The average molecular weight is 271 g/mol. The minimum Gasteiger partial charge on any atom is -0.424 e. The number of hydrogen-bond acceptors (Lipinski definition) is 4. The maximum Gasteiger partial charge on any atom is 0.230 e. The van der Waals surface area contributed by atoms with E-state index in [2.05, 4.69) is 45.8 Å². The molecule has 1 unspecified atom stereocenters. The Balaban J connectivity index is 1.65. The zero-order valence-electron chi connectivity index (χ0n) is 11.9. The topological polar surface area (TPSA) is 51.0 Å². The van der Waals surface area contributed by atoms with Crippen LogP contribution < -0.4 is 5.32 Å². The molecule has 1 aromatic carbocycles. The quantitative estimate of drug-likeness (QED) is 0.875. The van der Waals surface area contributed by atoms with Crippen LogP contribution in [0, 0.1) is 12.8 Å². The van der Waals surface area contributed by atoms with Crippen molar-refractivity contribution in [1.82, 2.24) is 15.5 Å². The van der Waals surface area contributed by atoms with Gasteiger partial charge in [0.15, 0.2) is 0 Å². The van der Waals surface area contributed by atoms with Crippen molar-refractivity contribution in [1.29, 1.82) is 0 Å². The molecule has 0 spiro atoms. The fourth-order valence-electron chi connectivity index (χ4n) is 2.70. The SMILES string of the molecule is Cc1nnc(CNC(CC2CCC2)c2ccccc2)o1. The van der Waals surface area contributed by atoms with Gasteiger partial charge in [-0.05, 0) is 17.9 Å². The van der Waals surface area contributed by atoms with E-state index in [4.69, 9.17) is 4.42 Å². The van der Waals surface area contributed by atoms with Crippen molar-refractivity contribution >= 4 is 0 Å². The molecule has 4 nitrogen and oxygen atoms in total. The van der Waals surface area contributed by atoms with E-state index in [1.807, 2.05) is 6.92 Å². The zero-order valence-corrected chi connectivity index (χ0v) is 11.9. The van der Waals surface area contributed by atoms with E-state index < -0.39 is 0 Å². The van der Waals surface area contributed by atoms with Crippen LogP contribution >= 0.6 is 0 Å². The number of aryl methyl sites for hydroxylation is 1. The highest BCUT2D eigenvalue weighted by Gasteiger charge is 2.23. The Morgan fingerprint density at radius 2 is 2.05 bits per heavy atom. The van der Waals surface area contributed by atoms with Crippen LogP contribution in [0.15, 0.2) is 34.7 Å². The van der Waals surface area contributed by atoms with Crippen molar-refractivity contribution < 1.29 is 4.42 Å². The Hall–Kier alpha value is -1.68. The summed E-state index contributed by atoms with van der Waals surface area (Å²) in [6.07, 6.45) is 5.31. The highest BCUT2D eigenvalue weighted by atomic mass is 16.4. The van der Waals surface area contributed by atoms with Crippen molar-refractivity contribution in [2.24, 2.45) is 5.92 Å². The van der Waals surface area contributed by atoms with Gasteiger partial charge in [0, 0.05) is 13.0 Å². The molecule has 0 bridgehead atoms. The number of rotatable bonds is 6. The Morgan fingerprint density at radius 1 is 1.25 bits per heavy atom. The summed E-state index contributed by atoms with van der Waals surface area (Å²) in [6.45, 7) is 2.45. The van der Waals surface area contributed by atoms with Gasteiger partial charge < -0.3 is 9.73 Å². The van der Waals surface area contributed by atoms with Crippen LogP contribution in [-0.4, -0.2) is 10.2 Å². The molecule has 1 aromatic heterocycles. The summed E-state index contributed by atoms with van der Waals surface area (Å²) in [4.78, 5) is 0. The summed E-state index contributed by atoms with van der Waals surface area (Å²) in [5.74, 6) is 2.14. The van der Waals surface area contributed by atoms with E-state index in [1.54, 1.807) is 0 Å². The van der Waals surface area contributed by atoms with Crippen LogP contribution in [-0.2, 0) is 6.54 Å². The second-order valence-electron chi connectivity index (χ2n) is 5.59. The number of nitrogens with zero attached hydrogens (tertiary/aromatic N) is 2. The Morgan fingerprint density at radius 3 is 2.65 bits per heavy atom. The van der Waals surface area contributed by atoms with Gasteiger partial charge in [-0.1, -0.05) is 49.6 Å². The zero-order chi connectivity index (χ0) is 13.8. The predicted octanol–water partition coefficient (Wildman–Crippen LogP) is 3.40. The standard InChI is InChI=1S/C16H21N3O/c1-12-18-19-16(20-12)11-17-15(10-13-6-5-7-13)14-8-3-2-4-9-14/h2-4,8-9,13,15,17H,5-7,10-11H2,1H3. The molecular formula is C16H21N3O. The van der Waals surface area contributed by atoms with E-state index in [9.17, 15) is 0 Å². The molecule has 0 saturated heterocycles. The van der Waals surface area contributed by atoms with Crippen molar-refractivity contribution in [2.75, 3.05) is 0 Å². The largest absolute Gasteiger partial charge is 0.424 e. The van der Waals surface area contributed by atoms with Crippen LogP contribution in [0.1, 0.15) is 49.1 Å². The van der Waals surface area contributed by atoms with Crippen LogP contribution in [0.4, 0.5) is 0 Å². The summed E-state index contributed by atoms with van der Waals surface area (Å²) in [5, 5.41) is 11.5. The number of benzene rings is 1. The number of aromatic nitrogens is 2. The first-order valence-electron chi connectivity index (χ1n) is 7.38. The maximum absolute atomic E-state index is 5.43. The van der Waals surface area contributed by atoms with Gasteiger partial charge in [-0.3, -0.25) is 0 Å². The summed E-state index contributed by atoms with van der Waals surface area (Å²) in [7, 11) is 0. The van der Waals surface area contributed by atoms with Gasteiger partial charge in [0.1, 0.15) is 0 Å². The third kappa shape index (κ3) is 3.25. The monoisotopic (exact) mass is 271 g/mol. The fraction of sp³-hybridized carbons (Fsp3) is 0.500. The van der Waals surface area contributed by atoms with Gasteiger partial charge in [0.2, 0.25) is 11.8 Å². The van der Waals surface area contributed by atoms with E-state index in [1.165, 1.54) is 31.2 Å². The predicted molar refractivity (Wildman–Crippen MR) is 77.0 cm³/mol. The molecule has 1 fully saturated rings. The first-order valence-corrected chi connectivity index (χ1v) is 7.38. The molecule has 1 N–H and O–H groups in total. The van der Waals surface area contributed by atoms with Crippen molar-refractivity contribution in [3.63, 3.8) is 0 Å². The molecule has 0 amide bonds. The van der Waals surface area contributed by atoms with Gasteiger partial charge in [-0.25, -0.2) is 0 Å². The highest BCUT2D eigenvalue weighted by molar-refractivity contribution is 5.19. The molecule has 0 radical (unpaired) electrons. The number of hydrogen-bond donors (Lipinski definition) is 1. The number of nitrogens with one attached hydrogen (secondary N) is 1. The second-order valence-corrected chi connectivity index (χ2v) is 5.59. The van der Waals surface area contributed by atoms with Crippen LogP contribution in [0.5, 0.6) is 0 Å². The summed E-state index contributed by atoms with van der Waals surface area (Å²) in [6, 6.07) is 11.0. The highest BCUT2D eigenvalue weighted by Crippen LogP contribution is 2.34. The summed E-state index contributed by atoms with van der Waals surface area (Å²) in [5.41, 5.74) is 1.34. The lowest BCUT2D eigenvalue weighted by Crippen LogP contribution is -2.26. The van der Waals surface area contributed by atoms with Gasteiger partial charge in [0.05, 0.1) is 6.54 Å². The Bertz CT molecular complexity index is 534. The summed E-state index contributed by atoms with van der Waals surface area (Å²) >= 11 is 0. The van der Waals surface area contributed by atoms with E-state index in [-0.39, 0.29) is 0 Å². The van der Waals surface area contributed by atoms with Crippen molar-refractivity contribution in [3.8, 4) is 0 Å². The van der Waals surface area contributed by atoms with Crippen LogP contribution in [0.3, 0.4) is 0 Å². The van der Waals surface area contributed by atoms with Gasteiger partial charge in [0.25, 0.3) is 0 Å². The molecule has 2 aromatic rings. The molecule has 4 heteroatoms. The van der Waals surface area contributed by atoms with Crippen LogP contribution in [0.25, 0.3) is 0 Å². The molecule has 1 aliphatic rings. The van der Waals surface area contributed by atoms with Crippen molar-refractivity contribution in [3.05, 3.63) is 47.7 Å². The fourth-order valence-corrected chi connectivity index (χ4v) is 2.70.